The van der Waals surface area contributed by atoms with Gasteiger partial charge < -0.3 is 10.8 Å². The number of aliphatic hydroxyl groups excluding tert-OH is 1. The van der Waals surface area contributed by atoms with E-state index in [2.05, 4.69) is 4.18 Å². The van der Waals surface area contributed by atoms with Crippen molar-refractivity contribution in [1.82, 2.24) is 0 Å². The van der Waals surface area contributed by atoms with Gasteiger partial charge in [0.05, 0.1) is 6.61 Å². The molecule has 0 amide bonds. The van der Waals surface area contributed by atoms with Gasteiger partial charge in [0, 0.05) is 6.26 Å². The first-order chi connectivity index (χ1) is 3.31. The molecule has 1 unspecified atom stereocenters. The molecule has 0 heterocycles. The van der Waals surface area contributed by atoms with Crippen molar-refractivity contribution in [1.29, 1.82) is 0 Å². The Kier molecular flexibility index (Phi) is 4.53. The second kappa shape index (κ2) is 4.39. The van der Waals surface area contributed by atoms with Crippen LogP contribution in [0, 0.1) is 0 Å². The second-order valence-electron chi connectivity index (χ2n) is 0.984. The Bertz CT molecular complexity index is 43.9. The lowest BCUT2D eigenvalue weighted by atomic mass is 10.7. The summed E-state index contributed by atoms with van der Waals surface area (Å²) >= 11 is 1.15. The van der Waals surface area contributed by atoms with Gasteiger partial charge in [-0.25, -0.2) is 0 Å². The first-order valence-electron chi connectivity index (χ1n) is 1.87. The van der Waals surface area contributed by atoms with Crippen molar-refractivity contribution in [2.24, 2.45) is 5.73 Å². The Morgan fingerprint density at radius 3 is 2.71 bits per heavy atom. The molecular weight excluding hydrogens is 114 g/mol. The molecule has 1 atom stereocenters. The van der Waals surface area contributed by atoms with E-state index >= 15 is 0 Å². The topological polar surface area (TPSA) is 55.5 Å². The van der Waals surface area contributed by atoms with Crippen LogP contribution < -0.4 is 5.73 Å². The Morgan fingerprint density at radius 1 is 2.00 bits per heavy atom. The normalized spacial score (nSPS) is 14.1. The lowest BCUT2D eigenvalue weighted by Crippen LogP contribution is -2.24. The molecule has 3 nitrogen and oxygen atoms in total. The van der Waals surface area contributed by atoms with Crippen LogP contribution in [-0.4, -0.2) is 24.2 Å². The smallest absolute Gasteiger partial charge is 0.143 e. The molecule has 0 saturated heterocycles. The molecule has 0 bridgehead atoms. The van der Waals surface area contributed by atoms with Crippen LogP contribution in [0.5, 0.6) is 0 Å². The quantitative estimate of drug-likeness (QED) is 0.394. The Morgan fingerprint density at radius 2 is 2.57 bits per heavy atom. The van der Waals surface area contributed by atoms with E-state index in [1.54, 1.807) is 6.26 Å². The van der Waals surface area contributed by atoms with E-state index in [1.165, 1.54) is 0 Å². The van der Waals surface area contributed by atoms with Gasteiger partial charge in [-0.2, -0.15) is 0 Å². The summed E-state index contributed by atoms with van der Waals surface area (Å²) in [6.07, 6.45) is 1.21. The lowest BCUT2D eigenvalue weighted by molar-refractivity contribution is 0.142. The SMILES string of the molecule is CSOC(N)CO. The molecule has 0 aromatic heterocycles. The maximum absolute atomic E-state index is 8.20. The molecule has 0 spiro atoms. The number of aliphatic hydroxyl groups is 1. The zero-order chi connectivity index (χ0) is 5.70. The molecule has 0 aliphatic rings. The minimum absolute atomic E-state index is 0.124. The molecule has 0 saturated carbocycles. The van der Waals surface area contributed by atoms with Crippen molar-refractivity contribution >= 4 is 12.0 Å². The van der Waals surface area contributed by atoms with Gasteiger partial charge in [-0.3, -0.25) is 4.18 Å². The molecule has 7 heavy (non-hydrogen) atoms. The predicted octanol–water partition coefficient (Wildman–Crippen LogP) is -0.442. The van der Waals surface area contributed by atoms with Gasteiger partial charge in [0.25, 0.3) is 0 Å². The summed E-state index contributed by atoms with van der Waals surface area (Å²) in [6.45, 7) is -0.124. The number of hydrogen-bond acceptors (Lipinski definition) is 4. The van der Waals surface area contributed by atoms with Gasteiger partial charge in [0.15, 0.2) is 0 Å². The van der Waals surface area contributed by atoms with E-state index in [-0.39, 0.29) is 6.61 Å². The molecule has 44 valence electrons. The van der Waals surface area contributed by atoms with Crippen LogP contribution in [0.25, 0.3) is 0 Å². The molecule has 0 aliphatic heterocycles. The largest absolute Gasteiger partial charge is 0.392 e. The van der Waals surface area contributed by atoms with Crippen molar-refractivity contribution in [3.63, 3.8) is 0 Å². The molecule has 4 heteroatoms. The minimum atomic E-state index is -0.532. The summed E-state index contributed by atoms with van der Waals surface area (Å²) < 4.78 is 4.64. The second-order valence-corrected chi connectivity index (χ2v) is 1.51. The number of rotatable bonds is 3. The molecule has 0 aromatic carbocycles. The van der Waals surface area contributed by atoms with E-state index in [4.69, 9.17) is 10.8 Å². The lowest BCUT2D eigenvalue weighted by Gasteiger charge is -2.03. The monoisotopic (exact) mass is 123 g/mol. The molecule has 3 N–H and O–H groups in total. The summed E-state index contributed by atoms with van der Waals surface area (Å²) in [4.78, 5) is 0. The summed E-state index contributed by atoms with van der Waals surface area (Å²) in [6, 6.07) is 0. The zero-order valence-electron chi connectivity index (χ0n) is 4.13. The molecule has 0 aromatic rings. The fraction of sp³-hybridized carbons (Fsp3) is 1.00. The van der Waals surface area contributed by atoms with Gasteiger partial charge in [0.2, 0.25) is 0 Å². The number of nitrogens with two attached hydrogens (primary N) is 1. The van der Waals surface area contributed by atoms with E-state index in [0.717, 1.165) is 12.0 Å². The highest BCUT2D eigenvalue weighted by molar-refractivity contribution is 7.93. The van der Waals surface area contributed by atoms with Crippen molar-refractivity contribution in [3.05, 3.63) is 0 Å². The van der Waals surface area contributed by atoms with E-state index < -0.39 is 6.23 Å². The maximum Gasteiger partial charge on any atom is 0.143 e. The van der Waals surface area contributed by atoms with Crippen LogP contribution in [0.4, 0.5) is 0 Å². The van der Waals surface area contributed by atoms with Crippen molar-refractivity contribution in [2.45, 2.75) is 6.23 Å². The fourth-order valence-corrected chi connectivity index (χ4v) is 0.462. The van der Waals surface area contributed by atoms with Crippen LogP contribution in [0.15, 0.2) is 0 Å². The summed E-state index contributed by atoms with van der Waals surface area (Å²) in [5.41, 5.74) is 5.09. The summed E-state index contributed by atoms with van der Waals surface area (Å²) in [7, 11) is 0. The Balaban J connectivity index is 2.83. The molecule has 0 fully saturated rings. The van der Waals surface area contributed by atoms with Crippen LogP contribution in [0.2, 0.25) is 0 Å². The van der Waals surface area contributed by atoms with Crippen LogP contribution in [-0.2, 0) is 4.18 Å². The van der Waals surface area contributed by atoms with Crippen LogP contribution in [0.1, 0.15) is 0 Å². The average molecular weight is 123 g/mol. The average Bonchev–Trinajstić information content (AvgIpc) is 1.68. The van der Waals surface area contributed by atoms with E-state index in [0.29, 0.717) is 0 Å². The number of hydrogen-bond donors (Lipinski definition) is 2. The maximum atomic E-state index is 8.20. The standard InChI is InChI=1S/C3H9NO2S/c1-7-6-3(4)2-5/h3,5H,2,4H2,1H3. The molecule has 0 radical (unpaired) electrons. The minimum Gasteiger partial charge on any atom is -0.392 e. The van der Waals surface area contributed by atoms with Gasteiger partial charge in [-0.1, -0.05) is 0 Å². The fourth-order valence-electron chi connectivity index (χ4n) is 0.154. The predicted molar refractivity (Wildman–Crippen MR) is 29.7 cm³/mol. The Labute approximate surface area is 47.0 Å². The summed E-state index contributed by atoms with van der Waals surface area (Å²) in [5, 5.41) is 8.20. The van der Waals surface area contributed by atoms with Gasteiger partial charge in [-0.05, 0) is 12.0 Å². The van der Waals surface area contributed by atoms with Crippen molar-refractivity contribution in [3.8, 4) is 0 Å². The van der Waals surface area contributed by atoms with Crippen LogP contribution in [0.3, 0.4) is 0 Å². The molecule has 0 rings (SSSR count). The van der Waals surface area contributed by atoms with Crippen molar-refractivity contribution < 1.29 is 9.29 Å². The third-order valence-electron chi connectivity index (χ3n) is 0.400. The third-order valence-corrected chi connectivity index (χ3v) is 0.839. The zero-order valence-corrected chi connectivity index (χ0v) is 4.94. The van der Waals surface area contributed by atoms with Gasteiger partial charge in [0.1, 0.15) is 6.23 Å². The summed E-state index contributed by atoms with van der Waals surface area (Å²) in [5.74, 6) is 0. The first-order valence-corrected chi connectivity index (χ1v) is 3.02. The van der Waals surface area contributed by atoms with E-state index in [1.807, 2.05) is 0 Å². The highest BCUT2D eigenvalue weighted by Crippen LogP contribution is 1.95. The first kappa shape index (κ1) is 7.23. The Hall–Kier alpha value is 0.230. The van der Waals surface area contributed by atoms with E-state index in [9.17, 15) is 0 Å². The van der Waals surface area contributed by atoms with Crippen LogP contribution >= 0.6 is 12.0 Å². The molecular formula is C3H9NO2S. The third kappa shape index (κ3) is 4.08. The van der Waals surface area contributed by atoms with Crippen molar-refractivity contribution in [2.75, 3.05) is 12.9 Å². The highest BCUT2D eigenvalue weighted by atomic mass is 32.2. The molecule has 0 aliphatic carbocycles. The van der Waals surface area contributed by atoms with Gasteiger partial charge in [-0.15, -0.1) is 0 Å². The van der Waals surface area contributed by atoms with Gasteiger partial charge >= 0.3 is 0 Å². The highest BCUT2D eigenvalue weighted by Gasteiger charge is 1.94.